The first-order valence-corrected chi connectivity index (χ1v) is 3.13. The molecule has 0 saturated carbocycles. The molecule has 1 rings (SSSR count). The Labute approximate surface area is 55.2 Å². The summed E-state index contributed by atoms with van der Waals surface area (Å²) in [4.78, 5) is 4.19. The third-order valence-electron chi connectivity index (χ3n) is 1.33. The monoisotopic (exact) mass is 125 g/mol. The molecule has 0 aromatic rings. The van der Waals surface area contributed by atoms with Crippen LogP contribution in [0.25, 0.3) is 0 Å². The fourth-order valence-corrected chi connectivity index (χ4v) is 0.785. The van der Waals surface area contributed by atoms with E-state index in [0.29, 0.717) is 0 Å². The second-order valence-electron chi connectivity index (χ2n) is 1.91. The van der Waals surface area contributed by atoms with Crippen LogP contribution in [0.4, 0.5) is 0 Å². The van der Waals surface area contributed by atoms with Gasteiger partial charge in [0, 0.05) is 13.7 Å². The van der Waals surface area contributed by atoms with Gasteiger partial charge in [0.25, 0.3) is 0 Å². The molecule has 0 aliphatic heterocycles. The summed E-state index contributed by atoms with van der Waals surface area (Å²) in [5.41, 5.74) is 1.07. The maximum absolute atomic E-state index is 5.03. The van der Waals surface area contributed by atoms with Crippen molar-refractivity contribution in [2.75, 3.05) is 13.7 Å². The van der Waals surface area contributed by atoms with Gasteiger partial charge >= 0.3 is 0 Å². The van der Waals surface area contributed by atoms with E-state index in [1.165, 1.54) is 0 Å². The largest absolute Gasteiger partial charge is 0.371 e. The zero-order chi connectivity index (χ0) is 6.69. The molecule has 0 N–H and O–H groups in total. The zero-order valence-electron chi connectivity index (χ0n) is 5.79. The molecule has 0 aromatic carbocycles. The normalized spacial score (nSPS) is 28.7. The van der Waals surface area contributed by atoms with Gasteiger partial charge in [0.1, 0.15) is 6.10 Å². The molecular formula is C7H11NO. The van der Waals surface area contributed by atoms with Gasteiger partial charge in [-0.15, -0.1) is 0 Å². The molecule has 0 amide bonds. The summed E-state index contributed by atoms with van der Waals surface area (Å²) in [6.07, 6.45) is 4.15. The third kappa shape index (κ3) is 1.19. The average Bonchev–Trinajstić information content (AvgIpc) is 1.82. The predicted octanol–water partition coefficient (Wildman–Crippen LogP) is 1.03. The Bertz CT molecular complexity index is 149. The first-order chi connectivity index (χ1) is 4.38. The van der Waals surface area contributed by atoms with Gasteiger partial charge in [0.15, 0.2) is 0 Å². The van der Waals surface area contributed by atoms with Crippen LogP contribution in [0.3, 0.4) is 0 Å². The van der Waals surface area contributed by atoms with Gasteiger partial charge in [-0.25, -0.2) is 0 Å². The van der Waals surface area contributed by atoms with Crippen LogP contribution in [0, 0.1) is 0 Å². The van der Waals surface area contributed by atoms with E-state index in [-0.39, 0.29) is 6.10 Å². The van der Waals surface area contributed by atoms with Gasteiger partial charge in [0.2, 0.25) is 0 Å². The van der Waals surface area contributed by atoms with Crippen LogP contribution < -0.4 is 0 Å². The first kappa shape index (κ1) is 6.49. The van der Waals surface area contributed by atoms with Crippen molar-refractivity contribution in [3.05, 3.63) is 12.2 Å². The molecule has 0 radical (unpaired) electrons. The number of ether oxygens (including phenoxy) is 1. The minimum Gasteiger partial charge on any atom is -0.371 e. The second kappa shape index (κ2) is 2.78. The quantitative estimate of drug-likeness (QED) is 0.540. The minimum atomic E-state index is 0.171. The van der Waals surface area contributed by atoms with Gasteiger partial charge < -0.3 is 4.74 Å². The van der Waals surface area contributed by atoms with Crippen molar-refractivity contribution in [2.45, 2.75) is 13.0 Å². The van der Waals surface area contributed by atoms with Crippen molar-refractivity contribution in [1.29, 1.82) is 0 Å². The summed E-state index contributed by atoms with van der Waals surface area (Å²) in [5, 5.41) is 0. The van der Waals surface area contributed by atoms with E-state index in [1.807, 2.05) is 19.1 Å². The van der Waals surface area contributed by atoms with Crippen LogP contribution in [0.15, 0.2) is 17.1 Å². The van der Waals surface area contributed by atoms with E-state index >= 15 is 0 Å². The number of nitrogens with zero attached hydrogens (tertiary/aromatic N) is 1. The molecule has 1 aliphatic rings. The van der Waals surface area contributed by atoms with E-state index in [4.69, 9.17) is 4.74 Å². The summed E-state index contributed by atoms with van der Waals surface area (Å²) < 4.78 is 5.03. The summed E-state index contributed by atoms with van der Waals surface area (Å²) >= 11 is 0. The van der Waals surface area contributed by atoms with Crippen LogP contribution in [0.2, 0.25) is 0 Å². The van der Waals surface area contributed by atoms with Crippen LogP contribution >= 0.6 is 0 Å². The fourth-order valence-electron chi connectivity index (χ4n) is 0.785. The molecule has 1 aliphatic carbocycles. The maximum Gasteiger partial charge on any atom is 0.117 e. The van der Waals surface area contributed by atoms with Crippen molar-refractivity contribution in [3.63, 3.8) is 0 Å². The van der Waals surface area contributed by atoms with Gasteiger partial charge in [-0.2, -0.15) is 0 Å². The molecule has 0 aromatic heterocycles. The number of hydrogen-bond acceptors (Lipinski definition) is 2. The summed E-state index contributed by atoms with van der Waals surface area (Å²) in [7, 11) is 1.69. The number of rotatable bonds is 2. The lowest BCUT2D eigenvalue weighted by molar-refractivity contribution is 0.186. The standard InChI is InChI=1S/C7H11NO/c1-3-8-6-4-5-7(6)9-2/h4-5,7H,3H2,1-2H3. The predicted molar refractivity (Wildman–Crippen MR) is 37.9 cm³/mol. The third-order valence-corrected chi connectivity index (χ3v) is 1.33. The Hall–Kier alpha value is -0.630. The SMILES string of the molecule is CCN=C1C=CC1OC. The van der Waals surface area contributed by atoms with Gasteiger partial charge in [-0.05, 0) is 19.1 Å². The van der Waals surface area contributed by atoms with Crippen molar-refractivity contribution in [1.82, 2.24) is 0 Å². The van der Waals surface area contributed by atoms with Crippen LogP contribution in [-0.4, -0.2) is 25.5 Å². The second-order valence-corrected chi connectivity index (χ2v) is 1.91. The van der Waals surface area contributed by atoms with Gasteiger partial charge in [-0.1, -0.05) is 0 Å². The van der Waals surface area contributed by atoms with E-state index in [1.54, 1.807) is 7.11 Å². The topological polar surface area (TPSA) is 21.6 Å². The van der Waals surface area contributed by atoms with Crippen LogP contribution in [-0.2, 0) is 4.74 Å². The molecule has 0 fully saturated rings. The highest BCUT2D eigenvalue weighted by Gasteiger charge is 2.16. The van der Waals surface area contributed by atoms with Gasteiger partial charge in [0.05, 0.1) is 5.71 Å². The lowest BCUT2D eigenvalue weighted by Gasteiger charge is -2.18. The fraction of sp³-hybridized carbons (Fsp3) is 0.571. The zero-order valence-corrected chi connectivity index (χ0v) is 5.79. The summed E-state index contributed by atoms with van der Waals surface area (Å²) in [6, 6.07) is 0. The number of methoxy groups -OCH3 is 1. The Balaban J connectivity index is 2.47. The molecule has 0 spiro atoms. The molecule has 1 atom stereocenters. The lowest BCUT2D eigenvalue weighted by Crippen LogP contribution is -2.26. The number of aliphatic imine (C=N–C) groups is 1. The summed E-state index contributed by atoms with van der Waals surface area (Å²) in [5.74, 6) is 0. The van der Waals surface area contributed by atoms with Crippen molar-refractivity contribution < 1.29 is 4.74 Å². The smallest absolute Gasteiger partial charge is 0.117 e. The molecule has 50 valence electrons. The van der Waals surface area contributed by atoms with Crippen molar-refractivity contribution in [3.8, 4) is 0 Å². The Morgan fingerprint density at radius 2 is 2.56 bits per heavy atom. The first-order valence-electron chi connectivity index (χ1n) is 3.13. The molecule has 2 nitrogen and oxygen atoms in total. The highest BCUT2D eigenvalue weighted by molar-refractivity contribution is 6.05. The van der Waals surface area contributed by atoms with E-state index in [0.717, 1.165) is 12.3 Å². The molecule has 9 heavy (non-hydrogen) atoms. The molecule has 0 saturated heterocycles. The lowest BCUT2D eigenvalue weighted by atomic mass is 10.0. The number of hydrogen-bond donors (Lipinski definition) is 0. The van der Waals surface area contributed by atoms with Crippen molar-refractivity contribution >= 4 is 5.71 Å². The molecule has 2 heteroatoms. The average molecular weight is 125 g/mol. The highest BCUT2D eigenvalue weighted by Crippen LogP contribution is 2.08. The van der Waals surface area contributed by atoms with E-state index < -0.39 is 0 Å². The molecule has 0 heterocycles. The Morgan fingerprint density at radius 1 is 1.78 bits per heavy atom. The van der Waals surface area contributed by atoms with Crippen molar-refractivity contribution in [2.24, 2.45) is 4.99 Å². The minimum absolute atomic E-state index is 0.171. The van der Waals surface area contributed by atoms with Gasteiger partial charge in [-0.3, -0.25) is 4.99 Å². The Kier molecular flexibility index (Phi) is 2.01. The molecule has 1 unspecified atom stereocenters. The van der Waals surface area contributed by atoms with E-state index in [2.05, 4.69) is 4.99 Å². The van der Waals surface area contributed by atoms with Crippen LogP contribution in [0.5, 0.6) is 0 Å². The summed E-state index contributed by atoms with van der Waals surface area (Å²) in [6.45, 7) is 2.87. The maximum atomic E-state index is 5.03. The molecular weight excluding hydrogens is 114 g/mol. The van der Waals surface area contributed by atoms with E-state index in [9.17, 15) is 0 Å². The van der Waals surface area contributed by atoms with Crippen LogP contribution in [0.1, 0.15) is 6.92 Å². The molecule has 0 bridgehead atoms. The highest BCUT2D eigenvalue weighted by atomic mass is 16.5. The Morgan fingerprint density at radius 3 is 2.89 bits per heavy atom.